The summed E-state index contributed by atoms with van der Waals surface area (Å²) in [5.74, 6) is -0.147. The molecule has 0 aliphatic rings. The molecule has 1 aromatic carbocycles. The molecule has 2 nitrogen and oxygen atoms in total. The first-order valence-electron chi connectivity index (χ1n) is 6.16. The number of aromatic nitrogens is 1. The Morgan fingerprint density at radius 2 is 2.11 bits per heavy atom. The minimum Gasteiger partial charge on any atom is -0.313 e. The number of nitrogens with one attached hydrogen (secondary N) is 1. The van der Waals surface area contributed by atoms with Crippen LogP contribution in [-0.2, 0) is 13.0 Å². The number of halogens is 1. The van der Waals surface area contributed by atoms with Gasteiger partial charge in [-0.2, -0.15) is 0 Å². The first-order chi connectivity index (χ1) is 8.79. The van der Waals surface area contributed by atoms with Gasteiger partial charge in [0.1, 0.15) is 5.82 Å². The Bertz CT molecular complexity index is 497. The highest BCUT2D eigenvalue weighted by Gasteiger charge is 2.04. The zero-order chi connectivity index (χ0) is 12.8. The number of pyridine rings is 1. The lowest BCUT2D eigenvalue weighted by molar-refractivity contribution is 0.592. The fourth-order valence-electron chi connectivity index (χ4n) is 1.87. The fourth-order valence-corrected chi connectivity index (χ4v) is 1.87. The van der Waals surface area contributed by atoms with Gasteiger partial charge in [-0.1, -0.05) is 25.1 Å². The van der Waals surface area contributed by atoms with Crippen molar-refractivity contribution >= 4 is 0 Å². The maximum Gasteiger partial charge on any atom is 0.127 e. The summed E-state index contributed by atoms with van der Waals surface area (Å²) in [5, 5.41) is 3.14. The number of hydrogen-bond acceptors (Lipinski definition) is 2. The molecule has 94 valence electrons. The van der Waals surface area contributed by atoms with Gasteiger partial charge in [-0.05, 0) is 36.2 Å². The third-order valence-corrected chi connectivity index (χ3v) is 2.81. The first-order valence-corrected chi connectivity index (χ1v) is 6.16. The van der Waals surface area contributed by atoms with Crippen molar-refractivity contribution < 1.29 is 4.39 Å². The van der Waals surface area contributed by atoms with Gasteiger partial charge in [-0.3, -0.25) is 4.98 Å². The van der Waals surface area contributed by atoms with Crippen molar-refractivity contribution in [2.24, 2.45) is 0 Å². The molecule has 0 radical (unpaired) electrons. The standard InChI is InChI=1S/C15H17FN2/c1-2-17-11-14-9-12(5-6-15(14)16)8-13-4-3-7-18-10-13/h3-7,9-10,17H,2,8,11H2,1H3. The van der Waals surface area contributed by atoms with E-state index in [0.717, 1.165) is 29.7 Å². The van der Waals surface area contributed by atoms with Gasteiger partial charge in [0.25, 0.3) is 0 Å². The molecule has 3 heteroatoms. The lowest BCUT2D eigenvalue weighted by atomic mass is 10.0. The maximum atomic E-state index is 13.6. The topological polar surface area (TPSA) is 24.9 Å². The first kappa shape index (κ1) is 12.7. The van der Waals surface area contributed by atoms with Crippen molar-refractivity contribution in [1.82, 2.24) is 10.3 Å². The summed E-state index contributed by atoms with van der Waals surface area (Å²) in [4.78, 5) is 4.08. The number of hydrogen-bond donors (Lipinski definition) is 1. The van der Waals surface area contributed by atoms with Crippen LogP contribution >= 0.6 is 0 Å². The Balaban J connectivity index is 2.14. The Morgan fingerprint density at radius 1 is 1.22 bits per heavy atom. The second-order valence-corrected chi connectivity index (χ2v) is 4.24. The number of nitrogens with zero attached hydrogens (tertiary/aromatic N) is 1. The van der Waals surface area contributed by atoms with Crippen LogP contribution in [0, 0.1) is 5.82 Å². The molecule has 0 saturated heterocycles. The Labute approximate surface area is 107 Å². The summed E-state index contributed by atoms with van der Waals surface area (Å²) < 4.78 is 13.6. The Kier molecular flexibility index (Phi) is 4.42. The second-order valence-electron chi connectivity index (χ2n) is 4.24. The van der Waals surface area contributed by atoms with Crippen LogP contribution in [0.2, 0.25) is 0 Å². The third-order valence-electron chi connectivity index (χ3n) is 2.81. The van der Waals surface area contributed by atoms with Gasteiger partial charge < -0.3 is 5.32 Å². The van der Waals surface area contributed by atoms with E-state index in [0.29, 0.717) is 6.54 Å². The summed E-state index contributed by atoms with van der Waals surface area (Å²) in [6.07, 6.45) is 4.38. The summed E-state index contributed by atoms with van der Waals surface area (Å²) >= 11 is 0. The molecule has 0 aliphatic carbocycles. The van der Waals surface area contributed by atoms with Crippen LogP contribution in [0.25, 0.3) is 0 Å². The van der Waals surface area contributed by atoms with E-state index >= 15 is 0 Å². The van der Waals surface area contributed by atoms with Crippen molar-refractivity contribution in [2.45, 2.75) is 19.9 Å². The molecule has 0 unspecified atom stereocenters. The van der Waals surface area contributed by atoms with E-state index in [1.165, 1.54) is 0 Å². The van der Waals surface area contributed by atoms with E-state index < -0.39 is 0 Å². The van der Waals surface area contributed by atoms with Crippen molar-refractivity contribution in [3.8, 4) is 0 Å². The number of benzene rings is 1. The smallest absolute Gasteiger partial charge is 0.127 e. The molecule has 0 spiro atoms. The zero-order valence-electron chi connectivity index (χ0n) is 10.5. The van der Waals surface area contributed by atoms with E-state index in [1.54, 1.807) is 12.3 Å². The van der Waals surface area contributed by atoms with Crippen LogP contribution < -0.4 is 5.32 Å². The Morgan fingerprint density at radius 3 is 2.83 bits per heavy atom. The molecular formula is C15H17FN2. The van der Waals surface area contributed by atoms with E-state index in [4.69, 9.17) is 0 Å². The highest BCUT2D eigenvalue weighted by molar-refractivity contribution is 5.29. The van der Waals surface area contributed by atoms with Crippen LogP contribution in [0.3, 0.4) is 0 Å². The van der Waals surface area contributed by atoms with Gasteiger partial charge in [0.15, 0.2) is 0 Å². The molecule has 18 heavy (non-hydrogen) atoms. The van der Waals surface area contributed by atoms with E-state index in [2.05, 4.69) is 10.3 Å². The molecule has 0 saturated carbocycles. The van der Waals surface area contributed by atoms with Crippen LogP contribution in [0.15, 0.2) is 42.7 Å². The van der Waals surface area contributed by atoms with Crippen LogP contribution in [0.4, 0.5) is 4.39 Å². The van der Waals surface area contributed by atoms with Crippen LogP contribution in [0.1, 0.15) is 23.6 Å². The van der Waals surface area contributed by atoms with Crippen molar-refractivity contribution in [3.05, 3.63) is 65.2 Å². The van der Waals surface area contributed by atoms with Gasteiger partial charge >= 0.3 is 0 Å². The average molecular weight is 244 g/mol. The average Bonchev–Trinajstić information content (AvgIpc) is 2.40. The summed E-state index contributed by atoms with van der Waals surface area (Å²) in [7, 11) is 0. The van der Waals surface area contributed by atoms with Gasteiger partial charge in [-0.25, -0.2) is 4.39 Å². The van der Waals surface area contributed by atoms with Crippen molar-refractivity contribution in [3.63, 3.8) is 0 Å². The van der Waals surface area contributed by atoms with Gasteiger partial charge in [0, 0.05) is 24.5 Å². The Hall–Kier alpha value is -1.74. The fraction of sp³-hybridized carbons (Fsp3) is 0.267. The van der Waals surface area contributed by atoms with Gasteiger partial charge in [0.2, 0.25) is 0 Å². The molecule has 2 aromatic rings. The van der Waals surface area contributed by atoms with Crippen LogP contribution in [-0.4, -0.2) is 11.5 Å². The molecule has 0 bridgehead atoms. The lowest BCUT2D eigenvalue weighted by Crippen LogP contribution is -2.13. The highest BCUT2D eigenvalue weighted by atomic mass is 19.1. The molecule has 1 N–H and O–H groups in total. The highest BCUT2D eigenvalue weighted by Crippen LogP contribution is 2.14. The van der Waals surface area contributed by atoms with E-state index in [1.807, 2.05) is 37.4 Å². The monoisotopic (exact) mass is 244 g/mol. The predicted molar refractivity (Wildman–Crippen MR) is 70.8 cm³/mol. The van der Waals surface area contributed by atoms with Gasteiger partial charge in [0.05, 0.1) is 0 Å². The molecule has 0 amide bonds. The summed E-state index contributed by atoms with van der Waals surface area (Å²) in [5.41, 5.74) is 2.97. The molecule has 0 atom stereocenters. The van der Waals surface area contributed by atoms with Crippen molar-refractivity contribution in [1.29, 1.82) is 0 Å². The van der Waals surface area contributed by atoms with Crippen molar-refractivity contribution in [2.75, 3.05) is 6.54 Å². The van der Waals surface area contributed by atoms with E-state index in [-0.39, 0.29) is 5.82 Å². The minimum atomic E-state index is -0.147. The van der Waals surface area contributed by atoms with Crippen LogP contribution in [0.5, 0.6) is 0 Å². The SMILES string of the molecule is CCNCc1cc(Cc2cccnc2)ccc1F. The third kappa shape index (κ3) is 3.37. The predicted octanol–water partition coefficient (Wildman–Crippen LogP) is 2.92. The largest absolute Gasteiger partial charge is 0.313 e. The molecule has 2 rings (SSSR count). The quantitative estimate of drug-likeness (QED) is 0.874. The lowest BCUT2D eigenvalue weighted by Gasteiger charge is -2.07. The molecule has 0 fully saturated rings. The molecular weight excluding hydrogens is 227 g/mol. The summed E-state index contributed by atoms with van der Waals surface area (Å²) in [6, 6.07) is 9.24. The normalized spacial score (nSPS) is 10.6. The molecule has 0 aliphatic heterocycles. The summed E-state index contributed by atoms with van der Waals surface area (Å²) in [6.45, 7) is 3.42. The zero-order valence-corrected chi connectivity index (χ0v) is 10.5. The molecule has 1 heterocycles. The maximum absolute atomic E-state index is 13.6. The molecule has 1 aromatic heterocycles. The minimum absolute atomic E-state index is 0.147. The van der Waals surface area contributed by atoms with Gasteiger partial charge in [-0.15, -0.1) is 0 Å². The number of rotatable bonds is 5. The van der Waals surface area contributed by atoms with E-state index in [9.17, 15) is 4.39 Å². The second kappa shape index (κ2) is 6.26.